The maximum Gasteiger partial charge on any atom is 0.409 e. The molecule has 1 amide bonds. The van der Waals surface area contributed by atoms with Crippen molar-refractivity contribution in [3.8, 4) is 0 Å². The lowest BCUT2D eigenvalue weighted by molar-refractivity contribution is 0.0412. The molecule has 0 spiro atoms. The van der Waals surface area contributed by atoms with E-state index in [2.05, 4.69) is 19.8 Å². The van der Waals surface area contributed by atoms with Gasteiger partial charge in [-0.15, -0.1) is 0 Å². The van der Waals surface area contributed by atoms with Crippen molar-refractivity contribution < 1.29 is 9.53 Å². The Hall–Kier alpha value is -1.38. The van der Waals surface area contributed by atoms with E-state index in [-0.39, 0.29) is 6.09 Å². The molecule has 3 rings (SSSR count). The van der Waals surface area contributed by atoms with Gasteiger partial charge in [-0.3, -0.25) is 9.80 Å². The van der Waals surface area contributed by atoms with Crippen molar-refractivity contribution in [1.82, 2.24) is 24.7 Å². The van der Waals surface area contributed by atoms with E-state index in [1.54, 1.807) is 11.8 Å². The fraction of sp³-hybridized carbons (Fsp3) is 0.722. The van der Waals surface area contributed by atoms with Crippen molar-refractivity contribution in [3.05, 3.63) is 18.0 Å². The molecule has 0 aromatic carbocycles. The highest BCUT2D eigenvalue weighted by Crippen LogP contribution is 2.20. The third-order valence-electron chi connectivity index (χ3n) is 5.11. The number of thioether (sulfide) groups is 1. The number of nitrogens with zero attached hydrogens (tertiary/aromatic N) is 5. The van der Waals surface area contributed by atoms with Gasteiger partial charge in [-0.1, -0.05) is 11.8 Å². The fourth-order valence-corrected chi connectivity index (χ4v) is 4.06. The molecule has 1 aromatic heterocycles. The van der Waals surface area contributed by atoms with Gasteiger partial charge in [0.05, 0.1) is 6.61 Å². The quantitative estimate of drug-likeness (QED) is 0.572. The average molecular weight is 380 g/mol. The first-order valence-electron chi connectivity index (χ1n) is 9.42. The van der Waals surface area contributed by atoms with Crippen LogP contribution in [0.25, 0.3) is 0 Å². The summed E-state index contributed by atoms with van der Waals surface area (Å²) in [5.74, 6) is 0. The van der Waals surface area contributed by atoms with Crippen LogP contribution in [-0.4, -0.2) is 88.9 Å². The van der Waals surface area contributed by atoms with E-state index in [9.17, 15) is 4.79 Å². The Balaban J connectivity index is 1.48. The Labute approximate surface area is 160 Å². The average Bonchev–Trinajstić information content (AvgIpc) is 2.69. The molecule has 2 aliphatic heterocycles. The van der Waals surface area contributed by atoms with Crippen LogP contribution in [0, 0.1) is 0 Å². The molecule has 0 radical (unpaired) electrons. The molecule has 1 unspecified atom stereocenters. The third-order valence-corrected chi connectivity index (χ3v) is 5.68. The van der Waals surface area contributed by atoms with Crippen LogP contribution >= 0.6 is 11.8 Å². The molecule has 8 heteroatoms. The molecule has 0 aliphatic carbocycles. The maximum absolute atomic E-state index is 11.8. The molecule has 2 fully saturated rings. The second-order valence-corrected chi connectivity index (χ2v) is 7.60. The number of hydrogen-bond donors (Lipinski definition) is 0. The second-order valence-electron chi connectivity index (χ2n) is 6.83. The summed E-state index contributed by atoms with van der Waals surface area (Å²) >= 11 is 1.57. The lowest BCUT2D eigenvalue weighted by Crippen LogP contribution is -2.55. The summed E-state index contributed by atoms with van der Waals surface area (Å²) in [6.45, 7) is 8.80. The monoisotopic (exact) mass is 379 g/mol. The van der Waals surface area contributed by atoms with Crippen molar-refractivity contribution in [2.24, 2.45) is 0 Å². The first kappa shape index (κ1) is 19.4. The number of piperazine rings is 1. The number of ether oxygens (including phenoxy) is 1. The number of hydrogen-bond acceptors (Lipinski definition) is 7. The summed E-state index contributed by atoms with van der Waals surface area (Å²) in [6.07, 6.45) is 8.16. The SMILES string of the molecule is CCOC(=O)N1CCN(C2CCCN(Cc3cnc(SC)nc3)C2)CC1. The molecule has 1 aromatic rings. The smallest absolute Gasteiger partial charge is 0.409 e. The van der Waals surface area contributed by atoms with E-state index in [1.165, 1.54) is 18.4 Å². The maximum atomic E-state index is 11.8. The molecule has 0 N–H and O–H groups in total. The molecule has 1 atom stereocenters. The van der Waals surface area contributed by atoms with Gasteiger partial charge >= 0.3 is 6.09 Å². The topological polar surface area (TPSA) is 61.8 Å². The molecule has 2 saturated heterocycles. The summed E-state index contributed by atoms with van der Waals surface area (Å²) in [6, 6.07) is 0.569. The van der Waals surface area contributed by atoms with Gasteiger partial charge in [0, 0.05) is 63.3 Å². The van der Waals surface area contributed by atoms with E-state index in [0.29, 0.717) is 12.6 Å². The van der Waals surface area contributed by atoms with Gasteiger partial charge in [0.15, 0.2) is 5.16 Å². The van der Waals surface area contributed by atoms with Crippen LogP contribution in [0.5, 0.6) is 0 Å². The summed E-state index contributed by atoms with van der Waals surface area (Å²) in [4.78, 5) is 27.5. The van der Waals surface area contributed by atoms with Gasteiger partial charge < -0.3 is 9.64 Å². The van der Waals surface area contributed by atoms with E-state index in [4.69, 9.17) is 4.74 Å². The summed E-state index contributed by atoms with van der Waals surface area (Å²) in [7, 11) is 0. The van der Waals surface area contributed by atoms with Crippen LogP contribution in [-0.2, 0) is 11.3 Å². The molecule has 0 bridgehead atoms. The van der Waals surface area contributed by atoms with Crippen LogP contribution < -0.4 is 0 Å². The minimum atomic E-state index is -0.175. The lowest BCUT2D eigenvalue weighted by atomic mass is 10.0. The molecule has 26 heavy (non-hydrogen) atoms. The highest BCUT2D eigenvalue weighted by Gasteiger charge is 2.29. The number of likely N-dealkylation sites (tertiary alicyclic amines) is 1. The molecule has 0 saturated carbocycles. The summed E-state index contributed by atoms with van der Waals surface area (Å²) in [5.41, 5.74) is 1.18. The normalized spacial score (nSPS) is 22.4. The zero-order chi connectivity index (χ0) is 18.4. The Bertz CT molecular complexity index is 577. The van der Waals surface area contributed by atoms with Crippen LogP contribution in [0.3, 0.4) is 0 Å². The zero-order valence-corrected chi connectivity index (χ0v) is 16.6. The molecular formula is C18H29N5O2S. The van der Waals surface area contributed by atoms with Crippen LogP contribution in [0.15, 0.2) is 17.6 Å². The van der Waals surface area contributed by atoms with E-state index >= 15 is 0 Å². The van der Waals surface area contributed by atoms with Gasteiger partial charge in [-0.2, -0.15) is 0 Å². The van der Waals surface area contributed by atoms with Crippen molar-refractivity contribution in [2.45, 2.75) is 37.5 Å². The van der Waals surface area contributed by atoms with Crippen molar-refractivity contribution in [1.29, 1.82) is 0 Å². The van der Waals surface area contributed by atoms with E-state index in [0.717, 1.165) is 51.0 Å². The first-order valence-corrected chi connectivity index (χ1v) is 10.6. The van der Waals surface area contributed by atoms with Crippen LogP contribution in [0.4, 0.5) is 4.79 Å². The summed E-state index contributed by atoms with van der Waals surface area (Å²) in [5, 5.41) is 0.824. The number of aromatic nitrogens is 2. The summed E-state index contributed by atoms with van der Waals surface area (Å²) < 4.78 is 5.11. The Kier molecular flexibility index (Phi) is 7.10. The molecule has 2 aliphatic rings. The van der Waals surface area contributed by atoms with Crippen molar-refractivity contribution in [3.63, 3.8) is 0 Å². The highest BCUT2D eigenvalue weighted by atomic mass is 32.2. The van der Waals surface area contributed by atoms with E-state index < -0.39 is 0 Å². The highest BCUT2D eigenvalue weighted by molar-refractivity contribution is 7.98. The number of piperidine rings is 1. The molecule has 144 valence electrons. The fourth-order valence-electron chi connectivity index (χ4n) is 3.75. The lowest BCUT2D eigenvalue weighted by Gasteiger charge is -2.43. The predicted molar refractivity (Wildman–Crippen MR) is 102 cm³/mol. The molecular weight excluding hydrogens is 350 g/mol. The standard InChI is InChI=1S/C18H29N5O2S/c1-3-25-18(24)23-9-7-22(8-10-23)16-5-4-6-21(14-16)13-15-11-19-17(26-2)20-12-15/h11-12,16H,3-10,13-14H2,1-2H3. The predicted octanol–water partition coefficient (Wildman–Crippen LogP) is 1.94. The molecule has 3 heterocycles. The zero-order valence-electron chi connectivity index (χ0n) is 15.8. The Morgan fingerprint density at radius 2 is 1.96 bits per heavy atom. The Morgan fingerprint density at radius 1 is 1.23 bits per heavy atom. The molecule has 7 nitrogen and oxygen atoms in total. The first-order chi connectivity index (χ1) is 12.7. The van der Waals surface area contributed by atoms with E-state index in [1.807, 2.05) is 30.5 Å². The van der Waals surface area contributed by atoms with Crippen molar-refractivity contribution >= 4 is 17.9 Å². The third kappa shape index (κ3) is 5.08. The van der Waals surface area contributed by atoms with Crippen molar-refractivity contribution in [2.75, 3.05) is 52.1 Å². The Morgan fingerprint density at radius 3 is 2.62 bits per heavy atom. The van der Waals surface area contributed by atoms with Gasteiger partial charge in [-0.25, -0.2) is 14.8 Å². The largest absolute Gasteiger partial charge is 0.450 e. The van der Waals surface area contributed by atoms with Gasteiger partial charge in [0.2, 0.25) is 0 Å². The van der Waals surface area contributed by atoms with Gasteiger partial charge in [0.1, 0.15) is 0 Å². The van der Waals surface area contributed by atoms with Crippen LogP contribution in [0.1, 0.15) is 25.3 Å². The van der Waals surface area contributed by atoms with Crippen LogP contribution in [0.2, 0.25) is 0 Å². The second kappa shape index (κ2) is 9.53. The van der Waals surface area contributed by atoms with Gasteiger partial charge in [-0.05, 0) is 32.6 Å². The number of carbonyl (C=O) groups excluding carboxylic acids is 1. The minimum Gasteiger partial charge on any atom is -0.450 e. The van der Waals surface area contributed by atoms with Gasteiger partial charge in [0.25, 0.3) is 0 Å². The minimum absolute atomic E-state index is 0.175. The number of amides is 1. The number of carbonyl (C=O) groups is 1. The number of rotatable bonds is 5.